The highest BCUT2D eigenvalue weighted by atomic mass is 16.5. The normalized spacial score (nSPS) is 20.4. The summed E-state index contributed by atoms with van der Waals surface area (Å²) >= 11 is 0. The molecule has 4 aromatic heterocycles. The number of methoxy groups -OCH3 is 1. The van der Waals surface area contributed by atoms with E-state index in [0.29, 0.717) is 18.0 Å². The van der Waals surface area contributed by atoms with Crippen LogP contribution in [0.4, 0.5) is 5.82 Å². The minimum Gasteiger partial charge on any atom is -0.481 e. The fourth-order valence-corrected chi connectivity index (χ4v) is 5.18. The number of piperazine rings is 1. The number of pyridine rings is 3. The van der Waals surface area contributed by atoms with Gasteiger partial charge in [0.25, 0.3) is 0 Å². The van der Waals surface area contributed by atoms with E-state index in [1.54, 1.807) is 7.11 Å². The monoisotopic (exact) mass is 426 g/mol. The number of ether oxygens (including phenoxy) is 1. The second-order valence-electron chi connectivity index (χ2n) is 8.79. The fourth-order valence-electron chi connectivity index (χ4n) is 5.18. The fraction of sp³-hybridized carbons (Fsp3) is 0.320. The second-order valence-corrected chi connectivity index (χ2v) is 8.79. The van der Waals surface area contributed by atoms with Gasteiger partial charge in [0.1, 0.15) is 11.5 Å². The van der Waals surface area contributed by atoms with Crippen molar-refractivity contribution in [2.75, 3.05) is 25.1 Å². The lowest BCUT2D eigenvalue weighted by Gasteiger charge is -2.56. The summed E-state index contributed by atoms with van der Waals surface area (Å²) in [4.78, 5) is 21.9. The predicted octanol–water partition coefficient (Wildman–Crippen LogP) is 3.80. The molecule has 1 N–H and O–H groups in total. The number of hydrogen-bond acceptors (Lipinski definition) is 6. The second kappa shape index (κ2) is 7.60. The van der Waals surface area contributed by atoms with E-state index >= 15 is 0 Å². The van der Waals surface area contributed by atoms with Gasteiger partial charge in [-0.1, -0.05) is 6.07 Å². The van der Waals surface area contributed by atoms with Crippen molar-refractivity contribution in [2.45, 2.75) is 32.0 Å². The first-order valence-electron chi connectivity index (χ1n) is 11.1. The van der Waals surface area contributed by atoms with Gasteiger partial charge in [0.05, 0.1) is 7.11 Å². The van der Waals surface area contributed by atoms with Crippen LogP contribution in [0.2, 0.25) is 0 Å². The summed E-state index contributed by atoms with van der Waals surface area (Å²) in [6, 6.07) is 11.6. The topological polar surface area (TPSA) is 70.2 Å². The van der Waals surface area contributed by atoms with Crippen molar-refractivity contribution in [3.8, 4) is 17.0 Å². The Balaban J connectivity index is 1.16. The predicted molar refractivity (Wildman–Crippen MR) is 125 cm³/mol. The molecule has 7 rings (SSSR count). The van der Waals surface area contributed by atoms with Gasteiger partial charge < -0.3 is 14.6 Å². The Morgan fingerprint density at radius 1 is 1.00 bits per heavy atom. The average molecular weight is 427 g/mol. The van der Waals surface area contributed by atoms with E-state index in [1.165, 1.54) is 17.5 Å². The summed E-state index contributed by atoms with van der Waals surface area (Å²) in [5.74, 6) is 1.73. The number of aromatic nitrogens is 4. The van der Waals surface area contributed by atoms with Crippen LogP contribution in [0.3, 0.4) is 0 Å². The van der Waals surface area contributed by atoms with Gasteiger partial charge in [0, 0.05) is 73.5 Å². The number of aryl methyl sites for hydroxylation is 1. The zero-order chi connectivity index (χ0) is 21.7. The molecule has 0 aliphatic carbocycles. The Morgan fingerprint density at radius 2 is 1.88 bits per heavy atom. The molecular formula is C25H26N6O. The summed E-state index contributed by atoms with van der Waals surface area (Å²) in [5.41, 5.74) is 5.65. The molecule has 0 saturated carbocycles. The van der Waals surface area contributed by atoms with Crippen LogP contribution in [0, 0.1) is 6.92 Å². The van der Waals surface area contributed by atoms with Crippen LogP contribution in [-0.4, -0.2) is 57.1 Å². The molecule has 162 valence electrons. The van der Waals surface area contributed by atoms with Gasteiger partial charge in [0.15, 0.2) is 0 Å². The molecule has 0 spiro atoms. The quantitative estimate of drug-likeness (QED) is 0.524. The van der Waals surface area contributed by atoms with Crippen molar-refractivity contribution >= 4 is 16.9 Å². The SMILES string of the molecule is COc1ccc(CN2C3CC2CN(c2ccc(-c4c(C)cnc5[nH]ccc45)cn2)C3)cn1. The molecule has 0 amide bonds. The van der Waals surface area contributed by atoms with Gasteiger partial charge in [0.2, 0.25) is 5.88 Å². The molecule has 0 radical (unpaired) electrons. The number of H-pyrrole nitrogens is 1. The largest absolute Gasteiger partial charge is 0.481 e. The van der Waals surface area contributed by atoms with Crippen molar-refractivity contribution in [1.29, 1.82) is 0 Å². The van der Waals surface area contributed by atoms with Crippen LogP contribution in [0.5, 0.6) is 5.88 Å². The molecular weight excluding hydrogens is 400 g/mol. The van der Waals surface area contributed by atoms with Gasteiger partial charge in [-0.25, -0.2) is 15.0 Å². The summed E-state index contributed by atoms with van der Waals surface area (Å²) in [6.07, 6.45) is 9.06. The van der Waals surface area contributed by atoms with Crippen LogP contribution in [-0.2, 0) is 6.54 Å². The Labute approximate surface area is 187 Å². The number of rotatable bonds is 5. The number of piperidine rings is 1. The molecule has 2 bridgehead atoms. The van der Waals surface area contributed by atoms with E-state index < -0.39 is 0 Å². The standard InChI is InChI=1S/C25H26N6O/c1-16-10-29-25-21(7-8-26-25)24(16)18-4-5-22(27-12-18)30-14-19-9-20(15-30)31(19)13-17-3-6-23(32-2)28-11-17/h3-8,10-12,19-20H,9,13-15H2,1-2H3,(H,26,29). The average Bonchev–Trinajstić information content (AvgIpc) is 3.32. The maximum absolute atomic E-state index is 5.17. The third-order valence-electron chi connectivity index (χ3n) is 6.85. The van der Waals surface area contributed by atoms with Gasteiger partial charge in [-0.15, -0.1) is 0 Å². The molecule has 3 fully saturated rings. The maximum atomic E-state index is 5.17. The lowest BCUT2D eigenvalue weighted by atomic mass is 9.87. The third-order valence-corrected chi connectivity index (χ3v) is 6.85. The molecule has 7 heterocycles. The first-order chi connectivity index (χ1) is 15.7. The highest BCUT2D eigenvalue weighted by Crippen LogP contribution is 2.36. The molecule has 7 nitrogen and oxygen atoms in total. The molecule has 2 atom stereocenters. The Hall–Kier alpha value is -3.45. The molecule has 3 aliphatic rings. The van der Waals surface area contributed by atoms with Gasteiger partial charge in [-0.05, 0) is 48.2 Å². The Bertz CT molecular complexity index is 1240. The lowest BCUT2D eigenvalue weighted by Crippen LogP contribution is -2.68. The number of nitrogens with one attached hydrogen (secondary N) is 1. The molecule has 3 aliphatic heterocycles. The van der Waals surface area contributed by atoms with E-state index in [9.17, 15) is 0 Å². The van der Waals surface area contributed by atoms with Gasteiger partial charge >= 0.3 is 0 Å². The van der Waals surface area contributed by atoms with Crippen molar-refractivity contribution in [3.05, 3.63) is 66.2 Å². The van der Waals surface area contributed by atoms with Crippen molar-refractivity contribution in [3.63, 3.8) is 0 Å². The van der Waals surface area contributed by atoms with Crippen molar-refractivity contribution in [2.24, 2.45) is 0 Å². The highest BCUT2D eigenvalue weighted by Gasteiger charge is 2.44. The molecule has 3 saturated heterocycles. The number of hydrogen-bond donors (Lipinski definition) is 1. The first kappa shape index (κ1) is 19.3. The van der Waals surface area contributed by atoms with E-state index in [-0.39, 0.29) is 0 Å². The minimum absolute atomic E-state index is 0.569. The number of anilines is 1. The number of nitrogens with zero attached hydrogens (tertiary/aromatic N) is 5. The number of aromatic amines is 1. The third kappa shape index (κ3) is 3.20. The smallest absolute Gasteiger partial charge is 0.212 e. The summed E-state index contributed by atoms with van der Waals surface area (Å²) in [6.45, 7) is 5.08. The summed E-state index contributed by atoms with van der Waals surface area (Å²) in [5, 5.41) is 1.14. The Morgan fingerprint density at radius 3 is 2.59 bits per heavy atom. The van der Waals surface area contributed by atoms with E-state index in [2.05, 4.69) is 55.9 Å². The minimum atomic E-state index is 0.569. The molecule has 4 aromatic rings. The van der Waals surface area contributed by atoms with Crippen LogP contribution in [0.25, 0.3) is 22.2 Å². The zero-order valence-corrected chi connectivity index (χ0v) is 18.3. The zero-order valence-electron chi connectivity index (χ0n) is 18.3. The summed E-state index contributed by atoms with van der Waals surface area (Å²) in [7, 11) is 1.65. The van der Waals surface area contributed by atoms with Crippen LogP contribution in [0.15, 0.2) is 55.1 Å². The van der Waals surface area contributed by atoms with E-state index in [4.69, 9.17) is 9.72 Å². The molecule has 0 aromatic carbocycles. The van der Waals surface area contributed by atoms with E-state index in [1.807, 2.05) is 30.9 Å². The highest BCUT2D eigenvalue weighted by molar-refractivity contribution is 5.94. The first-order valence-corrected chi connectivity index (χ1v) is 11.1. The van der Waals surface area contributed by atoms with Crippen LogP contribution >= 0.6 is 0 Å². The maximum Gasteiger partial charge on any atom is 0.212 e. The van der Waals surface area contributed by atoms with Crippen LogP contribution in [0.1, 0.15) is 17.5 Å². The van der Waals surface area contributed by atoms with Crippen LogP contribution < -0.4 is 9.64 Å². The van der Waals surface area contributed by atoms with Crippen molar-refractivity contribution in [1.82, 2.24) is 24.8 Å². The molecule has 32 heavy (non-hydrogen) atoms. The van der Waals surface area contributed by atoms with Crippen molar-refractivity contribution < 1.29 is 4.74 Å². The summed E-state index contributed by atoms with van der Waals surface area (Å²) < 4.78 is 5.17. The number of fused-ring (bicyclic) bond motifs is 3. The molecule has 7 heteroatoms. The molecule has 2 unspecified atom stereocenters. The van der Waals surface area contributed by atoms with Gasteiger partial charge in [-0.2, -0.15) is 0 Å². The van der Waals surface area contributed by atoms with Gasteiger partial charge in [-0.3, -0.25) is 4.90 Å². The lowest BCUT2D eigenvalue weighted by molar-refractivity contribution is -0.00876. The van der Waals surface area contributed by atoms with E-state index in [0.717, 1.165) is 47.6 Å². The Kier molecular flexibility index (Phi) is 4.57.